The van der Waals surface area contributed by atoms with E-state index in [-0.39, 0.29) is 12.4 Å². The lowest BCUT2D eigenvalue weighted by Crippen LogP contribution is -2.28. The molecule has 2 heterocycles. The number of carbonyl (C=O) groups excluding carboxylic acids is 1. The minimum Gasteiger partial charge on any atom is -0.386 e. The fourth-order valence-corrected chi connectivity index (χ4v) is 2.98. The average molecular weight is 303 g/mol. The van der Waals surface area contributed by atoms with Gasteiger partial charge in [0.15, 0.2) is 0 Å². The van der Waals surface area contributed by atoms with Gasteiger partial charge in [0.2, 0.25) is 5.89 Å². The van der Waals surface area contributed by atoms with Crippen molar-refractivity contribution < 1.29 is 14.4 Å². The molecule has 0 aliphatic heterocycles. The Morgan fingerprint density at radius 2 is 2.29 bits per heavy atom. The first kappa shape index (κ1) is 13.7. The molecule has 0 fully saturated rings. The molecule has 1 atom stereocenters. The molecule has 0 saturated carbocycles. The normalized spacial score (nSPS) is 12.5. The summed E-state index contributed by atoms with van der Waals surface area (Å²) >= 11 is 1.51. The molecule has 3 aromatic rings. The van der Waals surface area contributed by atoms with Crippen molar-refractivity contribution >= 4 is 27.3 Å². The van der Waals surface area contributed by atoms with Crippen LogP contribution in [0.15, 0.2) is 34.9 Å². The molecular formula is C14H13N3O3S. The van der Waals surface area contributed by atoms with Crippen LogP contribution in [0.2, 0.25) is 0 Å². The highest BCUT2D eigenvalue weighted by Crippen LogP contribution is 2.29. The maximum absolute atomic E-state index is 11.8. The van der Waals surface area contributed by atoms with E-state index in [0.29, 0.717) is 5.89 Å². The molecule has 0 aliphatic carbocycles. The van der Waals surface area contributed by atoms with Crippen LogP contribution in [0, 0.1) is 6.92 Å². The van der Waals surface area contributed by atoms with Gasteiger partial charge in [-0.1, -0.05) is 23.4 Å². The summed E-state index contributed by atoms with van der Waals surface area (Å²) in [5.41, 5.74) is 0. The van der Waals surface area contributed by atoms with Crippen molar-refractivity contribution in [3.63, 3.8) is 0 Å². The van der Waals surface area contributed by atoms with Crippen LogP contribution in [0.25, 0.3) is 10.1 Å². The first-order valence-corrected chi connectivity index (χ1v) is 7.20. The molecule has 1 amide bonds. The summed E-state index contributed by atoms with van der Waals surface area (Å²) in [6.07, 6.45) is -0.764. The molecule has 1 unspecified atom stereocenters. The number of aryl methyl sites for hydroxylation is 1. The topological polar surface area (TPSA) is 88.2 Å². The zero-order valence-corrected chi connectivity index (χ0v) is 12.1. The van der Waals surface area contributed by atoms with Crippen LogP contribution in [0.5, 0.6) is 0 Å². The summed E-state index contributed by atoms with van der Waals surface area (Å²) in [5, 5.41) is 17.3. The van der Waals surface area contributed by atoms with Crippen LogP contribution in [-0.2, 0) is 0 Å². The number of amides is 1. The van der Waals surface area contributed by atoms with Crippen LogP contribution in [0.3, 0.4) is 0 Å². The highest BCUT2D eigenvalue weighted by molar-refractivity contribution is 7.19. The van der Waals surface area contributed by atoms with E-state index >= 15 is 0 Å². The summed E-state index contributed by atoms with van der Waals surface area (Å²) in [5.74, 6) is -0.173. The lowest BCUT2D eigenvalue weighted by molar-refractivity contribution is 0.0905. The quantitative estimate of drug-likeness (QED) is 0.770. The Morgan fingerprint density at radius 1 is 1.48 bits per heavy atom. The maximum Gasteiger partial charge on any atom is 0.292 e. The van der Waals surface area contributed by atoms with Crippen molar-refractivity contribution in [2.45, 2.75) is 13.0 Å². The van der Waals surface area contributed by atoms with Crippen molar-refractivity contribution in [2.75, 3.05) is 6.54 Å². The minimum atomic E-state index is -0.764. The zero-order chi connectivity index (χ0) is 14.8. The Balaban J connectivity index is 1.66. The molecule has 0 saturated heterocycles. The Hall–Kier alpha value is -2.25. The molecule has 21 heavy (non-hydrogen) atoms. The van der Waals surface area contributed by atoms with Crippen molar-refractivity contribution in [1.29, 1.82) is 0 Å². The van der Waals surface area contributed by atoms with Gasteiger partial charge in [0.25, 0.3) is 11.7 Å². The van der Waals surface area contributed by atoms with Gasteiger partial charge < -0.3 is 14.9 Å². The monoisotopic (exact) mass is 303 g/mol. The summed E-state index contributed by atoms with van der Waals surface area (Å²) < 4.78 is 5.84. The van der Waals surface area contributed by atoms with E-state index in [1.807, 2.05) is 30.3 Å². The molecule has 0 radical (unpaired) electrons. The molecule has 7 heteroatoms. The summed E-state index contributed by atoms with van der Waals surface area (Å²) in [7, 11) is 0. The average Bonchev–Trinajstić information content (AvgIpc) is 3.10. The van der Waals surface area contributed by atoms with Crippen LogP contribution < -0.4 is 5.32 Å². The number of nitrogens with one attached hydrogen (secondary N) is 1. The molecule has 0 aliphatic rings. The fourth-order valence-electron chi connectivity index (χ4n) is 1.93. The van der Waals surface area contributed by atoms with E-state index in [1.165, 1.54) is 11.3 Å². The summed E-state index contributed by atoms with van der Waals surface area (Å²) in [6, 6.07) is 9.82. The second-order valence-corrected chi connectivity index (χ2v) is 5.66. The Bertz CT molecular complexity index is 747. The van der Waals surface area contributed by atoms with Crippen LogP contribution in [0.4, 0.5) is 0 Å². The number of aliphatic hydroxyl groups excluding tert-OH is 1. The third kappa shape index (κ3) is 2.93. The van der Waals surface area contributed by atoms with E-state index < -0.39 is 12.0 Å². The largest absolute Gasteiger partial charge is 0.386 e. The van der Waals surface area contributed by atoms with Crippen molar-refractivity contribution in [2.24, 2.45) is 0 Å². The van der Waals surface area contributed by atoms with Gasteiger partial charge in [0.1, 0.15) is 6.10 Å². The number of fused-ring (bicyclic) bond motifs is 1. The lowest BCUT2D eigenvalue weighted by Gasteiger charge is -2.08. The molecule has 3 rings (SSSR count). The second kappa shape index (κ2) is 5.63. The molecule has 0 bridgehead atoms. The van der Waals surface area contributed by atoms with Crippen molar-refractivity contribution in [3.8, 4) is 0 Å². The van der Waals surface area contributed by atoms with Gasteiger partial charge >= 0.3 is 0 Å². The van der Waals surface area contributed by atoms with E-state index in [1.54, 1.807) is 6.92 Å². The van der Waals surface area contributed by atoms with Crippen LogP contribution in [-0.4, -0.2) is 27.7 Å². The van der Waals surface area contributed by atoms with Crippen molar-refractivity contribution in [3.05, 3.63) is 46.9 Å². The number of rotatable bonds is 4. The predicted molar refractivity (Wildman–Crippen MR) is 78.2 cm³/mol. The second-order valence-electron chi connectivity index (χ2n) is 4.55. The number of hydrogen-bond donors (Lipinski definition) is 2. The van der Waals surface area contributed by atoms with Gasteiger partial charge in [-0.05, 0) is 17.5 Å². The number of nitrogens with zero attached hydrogens (tertiary/aromatic N) is 2. The number of benzene rings is 1. The number of carbonyl (C=O) groups is 1. The van der Waals surface area contributed by atoms with E-state index in [9.17, 15) is 9.90 Å². The summed E-state index contributed by atoms with van der Waals surface area (Å²) in [6.45, 7) is 1.70. The SMILES string of the molecule is Cc1nc(C(=O)NCC(O)c2cc3ccccc3s2)no1. The predicted octanol–water partition coefficient (Wildman–Crippen LogP) is 2.06. The molecule has 2 N–H and O–H groups in total. The molecule has 108 valence electrons. The van der Waals surface area contributed by atoms with Gasteiger partial charge in [-0.3, -0.25) is 4.79 Å². The number of hydrogen-bond acceptors (Lipinski definition) is 6. The standard InChI is InChI=1S/C14H13N3O3S/c1-8-16-13(17-20-8)14(19)15-7-10(18)12-6-9-4-2-3-5-11(9)21-12/h2-6,10,18H,7H2,1H3,(H,15,19). The van der Waals surface area contributed by atoms with Gasteiger partial charge in [0, 0.05) is 23.0 Å². The summed E-state index contributed by atoms with van der Waals surface area (Å²) in [4.78, 5) is 16.4. The number of aliphatic hydroxyl groups is 1. The molecule has 1 aromatic carbocycles. The van der Waals surface area contributed by atoms with Gasteiger partial charge in [-0.25, -0.2) is 0 Å². The van der Waals surface area contributed by atoms with Gasteiger partial charge in [0.05, 0.1) is 0 Å². The van der Waals surface area contributed by atoms with E-state index in [0.717, 1.165) is 15.0 Å². The third-order valence-corrected chi connectivity index (χ3v) is 4.18. The van der Waals surface area contributed by atoms with E-state index in [4.69, 9.17) is 4.52 Å². The third-order valence-electron chi connectivity index (χ3n) is 2.96. The van der Waals surface area contributed by atoms with Crippen LogP contribution >= 0.6 is 11.3 Å². The highest BCUT2D eigenvalue weighted by atomic mass is 32.1. The smallest absolute Gasteiger partial charge is 0.292 e. The zero-order valence-electron chi connectivity index (χ0n) is 11.2. The Kier molecular flexibility index (Phi) is 3.68. The van der Waals surface area contributed by atoms with E-state index in [2.05, 4.69) is 15.5 Å². The van der Waals surface area contributed by atoms with Crippen molar-refractivity contribution in [1.82, 2.24) is 15.5 Å². The molecule has 2 aromatic heterocycles. The highest BCUT2D eigenvalue weighted by Gasteiger charge is 2.16. The first-order chi connectivity index (χ1) is 10.1. The lowest BCUT2D eigenvalue weighted by atomic mass is 10.2. The Labute approximate surface area is 124 Å². The first-order valence-electron chi connectivity index (χ1n) is 6.38. The van der Waals surface area contributed by atoms with Gasteiger partial charge in [-0.15, -0.1) is 11.3 Å². The van der Waals surface area contributed by atoms with Crippen LogP contribution in [0.1, 0.15) is 27.5 Å². The molecular weight excluding hydrogens is 290 g/mol. The van der Waals surface area contributed by atoms with Gasteiger partial charge in [-0.2, -0.15) is 4.98 Å². The maximum atomic E-state index is 11.8. The number of aromatic nitrogens is 2. The number of thiophene rings is 1. The molecule has 0 spiro atoms. The minimum absolute atomic E-state index is 0.0314. The molecule has 6 nitrogen and oxygen atoms in total. The Morgan fingerprint density at radius 3 is 3.00 bits per heavy atom. The fraction of sp³-hybridized carbons (Fsp3) is 0.214.